The lowest BCUT2D eigenvalue weighted by Crippen LogP contribution is -2.16. The van der Waals surface area contributed by atoms with Gasteiger partial charge in [-0.1, -0.05) is 18.2 Å². The highest BCUT2D eigenvalue weighted by Crippen LogP contribution is 2.21. The lowest BCUT2D eigenvalue weighted by Gasteiger charge is -2.12. The van der Waals surface area contributed by atoms with Crippen molar-refractivity contribution in [3.63, 3.8) is 0 Å². The Morgan fingerprint density at radius 1 is 1.21 bits per heavy atom. The zero-order chi connectivity index (χ0) is 13.8. The lowest BCUT2D eigenvalue weighted by molar-refractivity contribution is -0.138. The number of rotatable bonds is 4. The Labute approximate surface area is 108 Å². The van der Waals surface area contributed by atoms with Crippen LogP contribution in [0.4, 0.5) is 8.78 Å². The van der Waals surface area contributed by atoms with Crippen LogP contribution in [0.2, 0.25) is 0 Å². The second-order valence-electron chi connectivity index (χ2n) is 4.09. The van der Waals surface area contributed by atoms with Gasteiger partial charge in [0.05, 0.1) is 11.9 Å². The van der Waals surface area contributed by atoms with Gasteiger partial charge in [-0.3, -0.25) is 9.78 Å². The molecule has 0 aliphatic heterocycles. The van der Waals surface area contributed by atoms with Gasteiger partial charge in [-0.25, -0.2) is 8.78 Å². The maximum absolute atomic E-state index is 13.5. The van der Waals surface area contributed by atoms with Crippen LogP contribution in [0, 0.1) is 11.6 Å². The molecule has 1 unspecified atom stereocenters. The van der Waals surface area contributed by atoms with Crippen LogP contribution >= 0.6 is 0 Å². The third-order valence-corrected chi connectivity index (χ3v) is 2.79. The molecule has 0 amide bonds. The van der Waals surface area contributed by atoms with Gasteiger partial charge < -0.3 is 5.11 Å². The molecule has 1 atom stereocenters. The topological polar surface area (TPSA) is 50.2 Å². The minimum absolute atomic E-state index is 0.0271. The summed E-state index contributed by atoms with van der Waals surface area (Å²) in [4.78, 5) is 15.0. The summed E-state index contributed by atoms with van der Waals surface area (Å²) in [6, 6.07) is 8.40. The monoisotopic (exact) mass is 263 g/mol. The smallest absolute Gasteiger partial charge is 0.312 e. The van der Waals surface area contributed by atoms with Crippen LogP contribution in [-0.2, 0) is 11.2 Å². The molecule has 98 valence electrons. The zero-order valence-electron chi connectivity index (χ0n) is 9.88. The quantitative estimate of drug-likeness (QED) is 0.922. The van der Waals surface area contributed by atoms with Crippen molar-refractivity contribution in [2.75, 3.05) is 0 Å². The largest absolute Gasteiger partial charge is 0.481 e. The molecule has 1 N–H and O–H groups in total. The standard InChI is InChI=1S/C14H11F2NO2/c15-10-5-6-13(17-8-10)11(14(18)19)7-9-3-1-2-4-12(9)16/h1-6,8,11H,7H2,(H,18,19). The highest BCUT2D eigenvalue weighted by atomic mass is 19.1. The number of carboxylic acids is 1. The van der Waals surface area contributed by atoms with Gasteiger partial charge in [0.25, 0.3) is 0 Å². The second kappa shape index (κ2) is 5.56. The average Bonchev–Trinajstić information content (AvgIpc) is 2.39. The van der Waals surface area contributed by atoms with Crippen molar-refractivity contribution in [1.82, 2.24) is 4.98 Å². The van der Waals surface area contributed by atoms with E-state index >= 15 is 0 Å². The molecule has 1 aromatic heterocycles. The Kier molecular flexibility index (Phi) is 3.85. The molecule has 0 aliphatic carbocycles. The first kappa shape index (κ1) is 13.1. The lowest BCUT2D eigenvalue weighted by atomic mass is 9.95. The molecule has 0 fully saturated rings. The van der Waals surface area contributed by atoms with E-state index in [9.17, 15) is 18.7 Å². The van der Waals surface area contributed by atoms with E-state index in [1.165, 1.54) is 24.3 Å². The van der Waals surface area contributed by atoms with E-state index in [1.54, 1.807) is 6.07 Å². The molecule has 0 radical (unpaired) electrons. The zero-order valence-corrected chi connectivity index (χ0v) is 9.88. The minimum atomic E-state index is -1.12. The molecular weight excluding hydrogens is 252 g/mol. The number of aromatic nitrogens is 1. The van der Waals surface area contributed by atoms with Crippen molar-refractivity contribution in [1.29, 1.82) is 0 Å². The molecule has 2 rings (SSSR count). The van der Waals surface area contributed by atoms with Crippen LogP contribution < -0.4 is 0 Å². The molecule has 0 aliphatic rings. The summed E-state index contributed by atoms with van der Waals surface area (Å²) in [5.74, 6) is -3.13. The molecule has 0 bridgehead atoms. The number of hydrogen-bond acceptors (Lipinski definition) is 2. The van der Waals surface area contributed by atoms with Crippen molar-refractivity contribution in [2.45, 2.75) is 12.3 Å². The SMILES string of the molecule is O=C(O)C(Cc1ccccc1F)c1ccc(F)cn1. The molecule has 0 saturated carbocycles. The Bertz CT molecular complexity index is 584. The summed E-state index contributed by atoms with van der Waals surface area (Å²) in [6.07, 6.45) is 0.924. The van der Waals surface area contributed by atoms with Gasteiger partial charge in [-0.2, -0.15) is 0 Å². The van der Waals surface area contributed by atoms with Crippen molar-refractivity contribution < 1.29 is 18.7 Å². The normalized spacial score (nSPS) is 12.1. The third kappa shape index (κ3) is 3.13. The fourth-order valence-corrected chi connectivity index (χ4v) is 1.80. The van der Waals surface area contributed by atoms with Crippen LogP contribution in [0.5, 0.6) is 0 Å². The maximum Gasteiger partial charge on any atom is 0.312 e. The van der Waals surface area contributed by atoms with Gasteiger partial charge in [-0.05, 0) is 30.2 Å². The van der Waals surface area contributed by atoms with Crippen molar-refractivity contribution in [3.05, 3.63) is 65.5 Å². The van der Waals surface area contributed by atoms with E-state index in [4.69, 9.17) is 0 Å². The molecular formula is C14H11F2NO2. The second-order valence-corrected chi connectivity index (χ2v) is 4.09. The first-order valence-corrected chi connectivity index (χ1v) is 5.65. The average molecular weight is 263 g/mol. The first-order valence-electron chi connectivity index (χ1n) is 5.65. The Morgan fingerprint density at radius 3 is 2.53 bits per heavy atom. The highest BCUT2D eigenvalue weighted by Gasteiger charge is 2.23. The molecule has 1 aromatic carbocycles. The Balaban J connectivity index is 2.29. The number of carboxylic acid groups (broad SMARTS) is 1. The number of pyridine rings is 1. The predicted molar refractivity (Wildman–Crippen MR) is 64.7 cm³/mol. The van der Waals surface area contributed by atoms with Gasteiger partial charge in [0.1, 0.15) is 17.6 Å². The summed E-state index contributed by atoms with van der Waals surface area (Å²) in [5, 5.41) is 9.19. The van der Waals surface area contributed by atoms with E-state index < -0.39 is 23.5 Å². The Morgan fingerprint density at radius 2 is 1.95 bits per heavy atom. The van der Waals surface area contributed by atoms with Gasteiger partial charge in [0.15, 0.2) is 0 Å². The van der Waals surface area contributed by atoms with Crippen LogP contribution in [0.1, 0.15) is 17.2 Å². The third-order valence-electron chi connectivity index (χ3n) is 2.79. The number of carbonyl (C=O) groups is 1. The predicted octanol–water partition coefficient (Wildman–Crippen LogP) is 2.77. The number of aliphatic carboxylic acids is 1. The summed E-state index contributed by atoms with van der Waals surface area (Å²) in [5.41, 5.74) is 0.498. The van der Waals surface area contributed by atoms with Crippen LogP contribution in [0.25, 0.3) is 0 Å². The van der Waals surface area contributed by atoms with E-state index in [0.717, 1.165) is 12.3 Å². The van der Waals surface area contributed by atoms with Gasteiger partial charge >= 0.3 is 5.97 Å². The number of hydrogen-bond donors (Lipinski definition) is 1. The summed E-state index contributed by atoms with van der Waals surface area (Å²) in [7, 11) is 0. The van der Waals surface area contributed by atoms with Crippen molar-refractivity contribution in [3.8, 4) is 0 Å². The molecule has 0 spiro atoms. The number of benzene rings is 1. The van der Waals surface area contributed by atoms with E-state index in [-0.39, 0.29) is 12.1 Å². The minimum Gasteiger partial charge on any atom is -0.481 e. The molecule has 1 heterocycles. The highest BCUT2D eigenvalue weighted by molar-refractivity contribution is 5.75. The number of halogens is 2. The van der Waals surface area contributed by atoms with Crippen molar-refractivity contribution in [2.24, 2.45) is 0 Å². The molecule has 19 heavy (non-hydrogen) atoms. The fourth-order valence-electron chi connectivity index (χ4n) is 1.80. The van der Waals surface area contributed by atoms with Gasteiger partial charge in [0, 0.05) is 0 Å². The van der Waals surface area contributed by atoms with Crippen LogP contribution in [0.3, 0.4) is 0 Å². The Hall–Kier alpha value is -2.30. The van der Waals surface area contributed by atoms with E-state index in [1.807, 2.05) is 0 Å². The van der Waals surface area contributed by atoms with Gasteiger partial charge in [0.2, 0.25) is 0 Å². The fraction of sp³-hybridized carbons (Fsp3) is 0.143. The summed E-state index contributed by atoms with van der Waals surface area (Å²) in [6.45, 7) is 0. The first-order chi connectivity index (χ1) is 9.08. The molecule has 0 saturated heterocycles. The van der Waals surface area contributed by atoms with Crippen LogP contribution in [-0.4, -0.2) is 16.1 Å². The summed E-state index contributed by atoms with van der Waals surface area (Å²) < 4.78 is 26.3. The van der Waals surface area contributed by atoms with E-state index in [2.05, 4.69) is 4.98 Å². The van der Waals surface area contributed by atoms with Gasteiger partial charge in [-0.15, -0.1) is 0 Å². The van der Waals surface area contributed by atoms with E-state index in [0.29, 0.717) is 5.56 Å². The molecule has 3 nitrogen and oxygen atoms in total. The molecule has 2 aromatic rings. The molecule has 5 heteroatoms. The maximum atomic E-state index is 13.5. The number of nitrogens with zero attached hydrogens (tertiary/aromatic N) is 1. The summed E-state index contributed by atoms with van der Waals surface area (Å²) >= 11 is 0. The van der Waals surface area contributed by atoms with Crippen LogP contribution in [0.15, 0.2) is 42.6 Å². The van der Waals surface area contributed by atoms with Crippen molar-refractivity contribution >= 4 is 5.97 Å².